The SMILES string of the molecule is [2H]C([2H])([2H])C([2H])([2H])N1Cc2cc([N+](=O)[O-])ccc2N1. The number of hydrazine groups is 1. The fourth-order valence-corrected chi connectivity index (χ4v) is 1.36. The highest BCUT2D eigenvalue weighted by atomic mass is 16.6. The van der Waals surface area contributed by atoms with Crippen LogP contribution in [0.25, 0.3) is 0 Å². The summed E-state index contributed by atoms with van der Waals surface area (Å²) in [5.74, 6) is 0. The van der Waals surface area contributed by atoms with Gasteiger partial charge in [0.15, 0.2) is 0 Å². The molecule has 1 aliphatic heterocycles. The van der Waals surface area contributed by atoms with Crippen LogP contribution in [-0.4, -0.2) is 16.4 Å². The van der Waals surface area contributed by atoms with Crippen LogP contribution in [0.4, 0.5) is 11.4 Å². The molecule has 74 valence electrons. The number of nitrogens with zero attached hydrogens (tertiary/aromatic N) is 2. The number of fused-ring (bicyclic) bond motifs is 1. The second kappa shape index (κ2) is 3.26. The summed E-state index contributed by atoms with van der Waals surface area (Å²) in [5, 5.41) is 11.6. The van der Waals surface area contributed by atoms with Crippen molar-refractivity contribution in [2.24, 2.45) is 0 Å². The predicted octanol–water partition coefficient (Wildman–Crippen LogP) is 1.76. The maximum Gasteiger partial charge on any atom is 0.269 e. The zero-order valence-corrected chi connectivity index (χ0v) is 7.15. The summed E-state index contributed by atoms with van der Waals surface area (Å²) >= 11 is 0. The molecule has 2 rings (SSSR count). The number of hydrogen-bond donors (Lipinski definition) is 1. The van der Waals surface area contributed by atoms with Crippen LogP contribution in [0, 0.1) is 10.1 Å². The lowest BCUT2D eigenvalue weighted by Gasteiger charge is -2.11. The minimum absolute atomic E-state index is 0.0532. The normalized spacial score (nSPS) is 22.1. The molecule has 0 saturated heterocycles. The van der Waals surface area contributed by atoms with E-state index in [1.54, 1.807) is 0 Å². The number of benzene rings is 1. The molecule has 0 unspecified atom stereocenters. The number of non-ortho nitro benzene ring substituents is 1. The van der Waals surface area contributed by atoms with Crippen molar-refractivity contribution in [2.45, 2.75) is 13.4 Å². The Morgan fingerprint density at radius 3 is 3.43 bits per heavy atom. The predicted molar refractivity (Wildman–Crippen MR) is 52.8 cm³/mol. The minimum Gasteiger partial charge on any atom is -0.318 e. The minimum atomic E-state index is -2.83. The highest BCUT2D eigenvalue weighted by Gasteiger charge is 2.19. The largest absolute Gasteiger partial charge is 0.318 e. The van der Waals surface area contributed by atoms with Crippen molar-refractivity contribution in [1.29, 1.82) is 0 Å². The first-order valence-corrected chi connectivity index (χ1v) is 3.94. The average Bonchev–Trinajstić information content (AvgIpc) is 2.70. The molecule has 1 aliphatic rings. The van der Waals surface area contributed by atoms with E-state index in [2.05, 4.69) is 5.43 Å². The molecular weight excluding hydrogens is 182 g/mol. The molecule has 0 bridgehead atoms. The molecule has 0 aromatic heterocycles. The lowest BCUT2D eigenvalue weighted by atomic mass is 10.2. The molecule has 0 amide bonds. The Morgan fingerprint density at radius 1 is 1.86 bits per heavy atom. The van der Waals surface area contributed by atoms with Crippen molar-refractivity contribution in [3.05, 3.63) is 33.9 Å². The number of nitrogens with one attached hydrogen (secondary N) is 1. The van der Waals surface area contributed by atoms with Gasteiger partial charge >= 0.3 is 0 Å². The Labute approximate surface area is 88.5 Å². The van der Waals surface area contributed by atoms with E-state index in [-0.39, 0.29) is 12.2 Å². The maximum atomic E-state index is 10.6. The second-order valence-electron chi connectivity index (χ2n) is 2.91. The van der Waals surface area contributed by atoms with Gasteiger partial charge in [-0.25, -0.2) is 5.01 Å². The Kier molecular flexibility index (Phi) is 1.11. The van der Waals surface area contributed by atoms with Crippen LogP contribution in [0.5, 0.6) is 0 Å². The fourth-order valence-electron chi connectivity index (χ4n) is 1.36. The first kappa shape index (κ1) is 4.75. The molecule has 0 fully saturated rings. The van der Waals surface area contributed by atoms with E-state index >= 15 is 0 Å². The van der Waals surface area contributed by atoms with Gasteiger partial charge in [-0.15, -0.1) is 0 Å². The Balaban J connectivity index is 2.28. The smallest absolute Gasteiger partial charge is 0.269 e. The van der Waals surface area contributed by atoms with Gasteiger partial charge in [-0.05, 0) is 11.6 Å². The van der Waals surface area contributed by atoms with E-state index in [9.17, 15) is 10.1 Å². The van der Waals surface area contributed by atoms with E-state index in [0.29, 0.717) is 11.3 Å². The van der Waals surface area contributed by atoms with E-state index < -0.39 is 18.3 Å². The summed E-state index contributed by atoms with van der Waals surface area (Å²) in [4.78, 5) is 10.1. The quantitative estimate of drug-likeness (QED) is 0.581. The van der Waals surface area contributed by atoms with E-state index in [1.807, 2.05) is 0 Å². The van der Waals surface area contributed by atoms with Gasteiger partial charge in [0, 0.05) is 32.0 Å². The maximum absolute atomic E-state index is 10.6. The molecule has 1 aromatic rings. The van der Waals surface area contributed by atoms with E-state index in [4.69, 9.17) is 6.85 Å². The van der Waals surface area contributed by atoms with Crippen molar-refractivity contribution in [1.82, 2.24) is 5.01 Å². The van der Waals surface area contributed by atoms with E-state index in [0.717, 1.165) is 5.01 Å². The molecule has 1 heterocycles. The summed E-state index contributed by atoms with van der Waals surface area (Å²) in [7, 11) is 0. The molecule has 0 spiro atoms. The molecule has 1 N–H and O–H groups in total. The van der Waals surface area contributed by atoms with Crippen molar-refractivity contribution < 1.29 is 11.8 Å². The van der Waals surface area contributed by atoms with Crippen molar-refractivity contribution in [2.75, 3.05) is 11.9 Å². The first-order valence-electron chi connectivity index (χ1n) is 6.44. The lowest BCUT2D eigenvalue weighted by molar-refractivity contribution is -0.384. The van der Waals surface area contributed by atoms with Crippen LogP contribution in [0.1, 0.15) is 19.3 Å². The zero-order valence-electron chi connectivity index (χ0n) is 12.2. The van der Waals surface area contributed by atoms with Crippen LogP contribution in [0.15, 0.2) is 18.2 Å². The number of anilines is 1. The van der Waals surface area contributed by atoms with Gasteiger partial charge in [0.25, 0.3) is 5.69 Å². The van der Waals surface area contributed by atoms with Crippen LogP contribution >= 0.6 is 0 Å². The number of nitro benzene ring substituents is 1. The van der Waals surface area contributed by atoms with E-state index in [1.165, 1.54) is 18.2 Å². The third kappa shape index (κ3) is 1.42. The van der Waals surface area contributed by atoms with Crippen LogP contribution < -0.4 is 5.43 Å². The van der Waals surface area contributed by atoms with Crippen LogP contribution in [-0.2, 0) is 6.54 Å². The summed E-state index contributed by atoms with van der Waals surface area (Å²) in [6, 6.07) is 4.02. The van der Waals surface area contributed by atoms with Crippen LogP contribution in [0.2, 0.25) is 0 Å². The fraction of sp³-hybridized carbons (Fsp3) is 0.333. The molecule has 5 heteroatoms. The molecule has 1 aromatic carbocycles. The standard InChI is InChI=1S/C9H11N3O2/c1-2-11-6-7-5-8(12(13)14)3-4-9(7)10-11/h3-5,10H,2,6H2,1H3/i1D3,2D2. The number of rotatable bonds is 2. The number of nitro groups is 1. The second-order valence-corrected chi connectivity index (χ2v) is 2.91. The van der Waals surface area contributed by atoms with Crippen molar-refractivity contribution in [3.8, 4) is 0 Å². The Hall–Kier alpha value is -1.62. The Bertz CT molecular complexity index is 531. The molecule has 5 nitrogen and oxygen atoms in total. The van der Waals surface area contributed by atoms with Gasteiger partial charge in [0.2, 0.25) is 0 Å². The van der Waals surface area contributed by atoms with Crippen molar-refractivity contribution >= 4 is 11.4 Å². The molecular formula is C9H11N3O2. The Morgan fingerprint density at radius 2 is 2.71 bits per heavy atom. The van der Waals surface area contributed by atoms with Gasteiger partial charge in [-0.3, -0.25) is 10.1 Å². The molecule has 0 atom stereocenters. The average molecular weight is 198 g/mol. The lowest BCUT2D eigenvalue weighted by Crippen LogP contribution is -2.22. The summed E-state index contributed by atoms with van der Waals surface area (Å²) in [6.07, 6.45) is 0. The highest BCUT2D eigenvalue weighted by Crippen LogP contribution is 2.28. The zero-order chi connectivity index (χ0) is 14.4. The number of hydrogen-bond acceptors (Lipinski definition) is 4. The van der Waals surface area contributed by atoms with Gasteiger partial charge in [-0.2, -0.15) is 0 Å². The third-order valence-corrected chi connectivity index (χ3v) is 2.02. The summed E-state index contributed by atoms with van der Waals surface area (Å²) in [5.41, 5.74) is 3.47. The topological polar surface area (TPSA) is 58.4 Å². The third-order valence-electron chi connectivity index (χ3n) is 2.02. The molecule has 0 aliphatic carbocycles. The summed E-state index contributed by atoms with van der Waals surface area (Å²) < 4.78 is 36.8. The monoisotopic (exact) mass is 198 g/mol. The first-order chi connectivity index (χ1) is 8.63. The van der Waals surface area contributed by atoms with Crippen LogP contribution in [0.3, 0.4) is 0 Å². The van der Waals surface area contributed by atoms with Crippen molar-refractivity contribution in [3.63, 3.8) is 0 Å². The molecule has 0 radical (unpaired) electrons. The van der Waals surface area contributed by atoms with Gasteiger partial charge in [-0.1, -0.05) is 6.85 Å². The van der Waals surface area contributed by atoms with Gasteiger partial charge in [0.05, 0.1) is 10.6 Å². The highest BCUT2D eigenvalue weighted by molar-refractivity contribution is 5.57. The van der Waals surface area contributed by atoms with Gasteiger partial charge < -0.3 is 5.43 Å². The molecule has 14 heavy (non-hydrogen) atoms. The molecule has 0 saturated carbocycles. The van der Waals surface area contributed by atoms with Gasteiger partial charge in [0.1, 0.15) is 0 Å². The summed E-state index contributed by atoms with van der Waals surface area (Å²) in [6.45, 7) is -5.45.